The average Bonchev–Trinajstić information content (AvgIpc) is 3.02. The largest absolute Gasteiger partial charge is 0.492 e. The topological polar surface area (TPSA) is 96.0 Å². The summed E-state index contributed by atoms with van der Waals surface area (Å²) in [5, 5.41) is 3.19. The van der Waals surface area contributed by atoms with Crippen LogP contribution in [0.15, 0.2) is 77.7 Å². The van der Waals surface area contributed by atoms with Crippen molar-refractivity contribution in [3.05, 3.63) is 89.5 Å². The highest BCUT2D eigenvalue weighted by Gasteiger charge is 2.35. The van der Waals surface area contributed by atoms with E-state index in [0.717, 1.165) is 53.1 Å². The van der Waals surface area contributed by atoms with Gasteiger partial charge in [0.1, 0.15) is 18.3 Å². The smallest absolute Gasteiger partial charge is 0.264 e. The summed E-state index contributed by atoms with van der Waals surface area (Å²) in [5.41, 5.74) is 3.06. The van der Waals surface area contributed by atoms with Crippen LogP contribution in [0.1, 0.15) is 69.1 Å². The molecule has 0 saturated heterocycles. The van der Waals surface area contributed by atoms with Crippen molar-refractivity contribution in [2.45, 2.75) is 89.7 Å². The molecular weight excluding hydrogens is 574 g/mol. The number of amides is 2. The lowest BCUT2D eigenvalue weighted by Gasteiger charge is -2.35. The molecule has 8 nitrogen and oxygen atoms in total. The van der Waals surface area contributed by atoms with Gasteiger partial charge in [0, 0.05) is 12.6 Å². The maximum atomic E-state index is 14.4. The van der Waals surface area contributed by atoms with E-state index >= 15 is 0 Å². The van der Waals surface area contributed by atoms with E-state index in [-0.39, 0.29) is 29.1 Å². The molecule has 1 fully saturated rings. The molecule has 1 aliphatic rings. The number of benzene rings is 3. The average molecular weight is 620 g/mol. The Hall–Kier alpha value is -3.85. The van der Waals surface area contributed by atoms with Crippen LogP contribution in [-0.2, 0) is 26.2 Å². The minimum atomic E-state index is -4.19. The Morgan fingerprint density at radius 1 is 0.909 bits per heavy atom. The first-order valence-electron chi connectivity index (χ1n) is 15.6. The van der Waals surface area contributed by atoms with Gasteiger partial charge >= 0.3 is 0 Å². The fourth-order valence-corrected chi connectivity index (χ4v) is 7.15. The molecule has 1 aliphatic carbocycles. The standard InChI is InChI=1S/C35H45N3O5S/c1-5-31(35(40)36-29-16-8-7-9-17-29)37(24-28-15-11-10-14-27(28)4)34(39)25-38(32-18-12-13-19-33(32)43-6-2)44(41,42)30-22-20-26(3)21-23-30/h10-15,18-23,29,31H,5-9,16-17,24-25H2,1-4H3,(H,36,40)/t31-/m0/s1. The Morgan fingerprint density at radius 2 is 1.57 bits per heavy atom. The van der Waals surface area contributed by atoms with Crippen molar-refractivity contribution in [1.82, 2.24) is 10.2 Å². The molecule has 0 aliphatic heterocycles. The number of hydrogen-bond acceptors (Lipinski definition) is 5. The van der Waals surface area contributed by atoms with Crippen molar-refractivity contribution < 1.29 is 22.7 Å². The van der Waals surface area contributed by atoms with Crippen molar-refractivity contribution in [2.24, 2.45) is 0 Å². The highest BCUT2D eigenvalue weighted by molar-refractivity contribution is 7.92. The number of para-hydroxylation sites is 2. The number of hydrogen-bond donors (Lipinski definition) is 1. The quantitative estimate of drug-likeness (QED) is 0.248. The van der Waals surface area contributed by atoms with Crippen molar-refractivity contribution >= 4 is 27.5 Å². The SMILES string of the molecule is CCOc1ccccc1N(CC(=O)N(Cc1ccccc1C)[C@@H](CC)C(=O)NC1CCCCC1)S(=O)(=O)c1ccc(C)cc1. The number of ether oxygens (including phenoxy) is 1. The van der Waals surface area contributed by atoms with E-state index in [1.54, 1.807) is 53.4 Å². The molecule has 0 heterocycles. The van der Waals surface area contributed by atoms with Crippen LogP contribution in [0.5, 0.6) is 5.75 Å². The van der Waals surface area contributed by atoms with Crippen LogP contribution in [0.2, 0.25) is 0 Å². The minimum absolute atomic E-state index is 0.0646. The van der Waals surface area contributed by atoms with Crippen LogP contribution in [-0.4, -0.2) is 50.4 Å². The van der Waals surface area contributed by atoms with E-state index in [0.29, 0.717) is 18.8 Å². The molecule has 0 radical (unpaired) electrons. The first-order valence-corrected chi connectivity index (χ1v) is 17.0. The second-order valence-electron chi connectivity index (χ2n) is 11.4. The maximum Gasteiger partial charge on any atom is 0.264 e. The summed E-state index contributed by atoms with van der Waals surface area (Å²) in [4.78, 5) is 29.8. The van der Waals surface area contributed by atoms with Gasteiger partial charge in [-0.25, -0.2) is 8.42 Å². The molecule has 0 bridgehead atoms. The fraction of sp³-hybridized carbons (Fsp3) is 0.429. The normalized spacial score (nSPS) is 14.5. The van der Waals surface area contributed by atoms with E-state index < -0.39 is 28.5 Å². The van der Waals surface area contributed by atoms with Gasteiger partial charge < -0.3 is 15.0 Å². The van der Waals surface area contributed by atoms with E-state index in [1.807, 2.05) is 52.0 Å². The lowest BCUT2D eigenvalue weighted by molar-refractivity contribution is -0.140. The van der Waals surface area contributed by atoms with Gasteiger partial charge in [0.25, 0.3) is 10.0 Å². The summed E-state index contributed by atoms with van der Waals surface area (Å²) in [7, 11) is -4.19. The molecule has 3 aromatic carbocycles. The molecule has 1 atom stereocenters. The first kappa shape index (κ1) is 33.1. The van der Waals surface area contributed by atoms with Gasteiger partial charge in [0.05, 0.1) is 17.2 Å². The molecular formula is C35H45N3O5S. The summed E-state index contributed by atoms with van der Waals surface area (Å²) in [5.74, 6) is -0.323. The van der Waals surface area contributed by atoms with Gasteiger partial charge in [0.2, 0.25) is 11.8 Å². The highest BCUT2D eigenvalue weighted by Crippen LogP contribution is 2.33. The molecule has 4 rings (SSSR count). The third-order valence-electron chi connectivity index (χ3n) is 8.26. The molecule has 1 saturated carbocycles. The van der Waals surface area contributed by atoms with Crippen LogP contribution in [0, 0.1) is 13.8 Å². The maximum absolute atomic E-state index is 14.4. The number of nitrogens with zero attached hydrogens (tertiary/aromatic N) is 2. The first-order chi connectivity index (χ1) is 21.1. The summed E-state index contributed by atoms with van der Waals surface area (Å²) in [6, 6.07) is 20.4. The van der Waals surface area contributed by atoms with Crippen molar-refractivity contribution in [2.75, 3.05) is 17.5 Å². The minimum Gasteiger partial charge on any atom is -0.492 e. The number of aryl methyl sites for hydroxylation is 2. The number of carbonyl (C=O) groups excluding carboxylic acids is 2. The third-order valence-corrected chi connectivity index (χ3v) is 10.0. The molecule has 9 heteroatoms. The summed E-state index contributed by atoms with van der Waals surface area (Å²) in [6.07, 6.45) is 5.53. The monoisotopic (exact) mass is 619 g/mol. The van der Waals surface area contributed by atoms with E-state index in [2.05, 4.69) is 5.32 Å². The van der Waals surface area contributed by atoms with Crippen LogP contribution in [0.4, 0.5) is 5.69 Å². The molecule has 44 heavy (non-hydrogen) atoms. The third kappa shape index (κ3) is 8.00. The summed E-state index contributed by atoms with van der Waals surface area (Å²) < 4.78 is 35.4. The number of carbonyl (C=O) groups is 2. The predicted molar refractivity (Wildman–Crippen MR) is 174 cm³/mol. The lowest BCUT2D eigenvalue weighted by Crippen LogP contribution is -2.54. The van der Waals surface area contributed by atoms with Crippen LogP contribution >= 0.6 is 0 Å². The second kappa shape index (κ2) is 15.2. The summed E-state index contributed by atoms with van der Waals surface area (Å²) >= 11 is 0. The Balaban J connectivity index is 1.75. The van der Waals surface area contributed by atoms with Crippen molar-refractivity contribution in [1.29, 1.82) is 0 Å². The second-order valence-corrected chi connectivity index (χ2v) is 13.3. The number of rotatable bonds is 13. The zero-order valence-electron chi connectivity index (χ0n) is 26.3. The zero-order valence-corrected chi connectivity index (χ0v) is 27.1. The van der Waals surface area contributed by atoms with Gasteiger partial charge in [-0.15, -0.1) is 0 Å². The zero-order chi connectivity index (χ0) is 31.7. The van der Waals surface area contributed by atoms with E-state index in [9.17, 15) is 18.0 Å². The molecule has 1 N–H and O–H groups in total. The molecule has 0 spiro atoms. The van der Waals surface area contributed by atoms with E-state index in [1.165, 1.54) is 0 Å². The Labute approximate surface area is 262 Å². The molecule has 0 unspecified atom stereocenters. The number of anilines is 1. The van der Waals surface area contributed by atoms with Crippen molar-refractivity contribution in [3.63, 3.8) is 0 Å². The Morgan fingerprint density at radius 3 is 2.23 bits per heavy atom. The highest BCUT2D eigenvalue weighted by atomic mass is 32.2. The number of nitrogens with one attached hydrogen (secondary N) is 1. The Kier molecular flexibility index (Phi) is 11.4. The Bertz CT molecular complexity index is 1520. The summed E-state index contributed by atoms with van der Waals surface area (Å²) in [6.45, 7) is 7.55. The van der Waals surface area contributed by atoms with Crippen molar-refractivity contribution in [3.8, 4) is 5.75 Å². The van der Waals surface area contributed by atoms with Gasteiger partial charge in [-0.3, -0.25) is 13.9 Å². The van der Waals surface area contributed by atoms with Gasteiger partial charge in [-0.05, 0) is 75.4 Å². The molecule has 0 aromatic heterocycles. The van der Waals surface area contributed by atoms with Gasteiger partial charge in [0.15, 0.2) is 0 Å². The number of sulfonamides is 1. The predicted octanol–water partition coefficient (Wildman–Crippen LogP) is 6.15. The van der Waals surface area contributed by atoms with Crippen LogP contribution in [0.3, 0.4) is 0 Å². The fourth-order valence-electron chi connectivity index (χ4n) is 5.73. The lowest BCUT2D eigenvalue weighted by atomic mass is 9.95. The van der Waals surface area contributed by atoms with Gasteiger partial charge in [-0.1, -0.05) is 80.3 Å². The van der Waals surface area contributed by atoms with Crippen LogP contribution in [0.25, 0.3) is 0 Å². The molecule has 2 amide bonds. The molecule has 236 valence electrons. The van der Waals surface area contributed by atoms with Crippen LogP contribution < -0.4 is 14.4 Å². The van der Waals surface area contributed by atoms with Gasteiger partial charge in [-0.2, -0.15) is 0 Å². The van der Waals surface area contributed by atoms with E-state index in [4.69, 9.17) is 4.74 Å². The molecule has 3 aromatic rings.